The molecule has 0 bridgehead atoms. The second-order valence-electron chi connectivity index (χ2n) is 3.12. The zero-order chi connectivity index (χ0) is 12.7. The summed E-state index contributed by atoms with van der Waals surface area (Å²) in [5, 5.41) is 19.3. The topological polar surface area (TPSA) is 161 Å². The molecule has 0 aliphatic carbocycles. The molecule has 0 heterocycles. The van der Waals surface area contributed by atoms with Gasteiger partial charge in [-0.05, 0) is 6.42 Å². The first-order chi connectivity index (χ1) is 7.38. The van der Waals surface area contributed by atoms with Crippen molar-refractivity contribution >= 4 is 30.5 Å². The van der Waals surface area contributed by atoms with E-state index in [2.05, 4.69) is 17.9 Å². The Bertz CT molecular complexity index is 285. The number of thiol groups is 1. The first kappa shape index (κ1) is 18.1. The summed E-state index contributed by atoms with van der Waals surface area (Å²) in [5.74, 6) is -2.98. The Morgan fingerprint density at radius 3 is 2.12 bits per heavy atom. The fourth-order valence-electron chi connectivity index (χ4n) is 0.862. The van der Waals surface area contributed by atoms with Crippen LogP contribution in [0.3, 0.4) is 0 Å². The summed E-state index contributed by atoms with van der Waals surface area (Å²) < 4.78 is 0. The molecule has 0 radical (unpaired) electrons. The molecule has 0 spiro atoms. The lowest BCUT2D eigenvalue weighted by molar-refractivity contribution is -0.141. The highest BCUT2D eigenvalue weighted by molar-refractivity contribution is 7.80. The molecule has 7 N–H and O–H groups in total. The minimum Gasteiger partial charge on any atom is -0.480 e. The van der Waals surface area contributed by atoms with Crippen molar-refractivity contribution in [1.29, 1.82) is 0 Å². The van der Waals surface area contributed by atoms with Crippen molar-refractivity contribution < 1.29 is 30.1 Å². The van der Waals surface area contributed by atoms with Crippen LogP contribution in [0.5, 0.6) is 0 Å². The number of hydrogen-bond donors (Lipinski definition) is 5. The molecule has 8 nitrogen and oxygen atoms in total. The number of carboxylic acid groups (broad SMARTS) is 2. The van der Waals surface area contributed by atoms with Crippen molar-refractivity contribution in [2.24, 2.45) is 5.73 Å². The highest BCUT2D eigenvalue weighted by Crippen LogP contribution is 1.97. The number of rotatable bonds is 7. The molecule has 0 aromatic rings. The number of hydrogen-bond acceptors (Lipinski definition) is 5. The summed E-state index contributed by atoms with van der Waals surface area (Å²) in [6.45, 7) is 0. The molecule has 9 heteroatoms. The first-order valence-electron chi connectivity index (χ1n) is 4.50. The van der Waals surface area contributed by atoms with Gasteiger partial charge < -0.3 is 26.7 Å². The van der Waals surface area contributed by atoms with E-state index >= 15 is 0 Å². The van der Waals surface area contributed by atoms with E-state index < -0.39 is 29.9 Å². The fourth-order valence-corrected chi connectivity index (χ4v) is 1.11. The normalized spacial score (nSPS) is 13.1. The van der Waals surface area contributed by atoms with Crippen molar-refractivity contribution in [2.45, 2.75) is 24.9 Å². The molecule has 100 valence electrons. The number of aliphatic carboxylic acids is 2. The maximum atomic E-state index is 11.2. The van der Waals surface area contributed by atoms with Crippen molar-refractivity contribution in [2.75, 3.05) is 5.75 Å². The maximum absolute atomic E-state index is 11.2. The number of carbonyl (C=O) groups excluding carboxylic acids is 1. The first-order valence-corrected chi connectivity index (χ1v) is 5.13. The molecule has 0 fully saturated rings. The molecular weight excluding hydrogens is 252 g/mol. The molecule has 0 saturated heterocycles. The van der Waals surface area contributed by atoms with Gasteiger partial charge in [0.25, 0.3) is 0 Å². The lowest BCUT2D eigenvalue weighted by Gasteiger charge is -2.12. The lowest BCUT2D eigenvalue weighted by Crippen LogP contribution is -2.42. The van der Waals surface area contributed by atoms with Crippen LogP contribution in [0.4, 0.5) is 0 Å². The fraction of sp³-hybridized carbons (Fsp3) is 0.625. The van der Waals surface area contributed by atoms with Gasteiger partial charge in [-0.3, -0.25) is 9.59 Å². The summed E-state index contributed by atoms with van der Waals surface area (Å²) in [6, 6.07) is -2.19. The number of nitrogens with one attached hydrogen (secondary N) is 1. The van der Waals surface area contributed by atoms with Crippen molar-refractivity contribution in [3.63, 3.8) is 0 Å². The van der Waals surface area contributed by atoms with Gasteiger partial charge in [-0.15, -0.1) is 0 Å². The number of nitrogens with two attached hydrogens (primary N) is 1. The second kappa shape index (κ2) is 8.79. The maximum Gasteiger partial charge on any atom is 0.327 e. The minimum atomic E-state index is -1.20. The van der Waals surface area contributed by atoms with E-state index in [0.29, 0.717) is 0 Å². The van der Waals surface area contributed by atoms with Gasteiger partial charge in [0.05, 0.1) is 0 Å². The van der Waals surface area contributed by atoms with Gasteiger partial charge in [0.15, 0.2) is 0 Å². The number of amides is 1. The third kappa shape index (κ3) is 7.55. The Kier molecular flexibility index (Phi) is 9.33. The zero-order valence-electron chi connectivity index (χ0n) is 8.92. The highest BCUT2D eigenvalue weighted by Gasteiger charge is 2.19. The predicted molar refractivity (Wildman–Crippen MR) is 61.9 cm³/mol. The van der Waals surface area contributed by atoms with Gasteiger partial charge in [-0.25, -0.2) is 4.79 Å². The molecular formula is C8H16N2O6S. The monoisotopic (exact) mass is 268 g/mol. The van der Waals surface area contributed by atoms with E-state index in [9.17, 15) is 14.4 Å². The largest absolute Gasteiger partial charge is 0.480 e. The molecule has 0 aliphatic heterocycles. The van der Waals surface area contributed by atoms with Gasteiger partial charge in [0.1, 0.15) is 12.1 Å². The third-order valence-corrected chi connectivity index (χ3v) is 2.18. The Balaban J connectivity index is 0. The summed E-state index contributed by atoms with van der Waals surface area (Å²) in [5.41, 5.74) is 5.18. The SMILES string of the molecule is N[C@@H](CCC(=O)N[C@@H](CS)C(=O)O)C(=O)O.O. The Morgan fingerprint density at radius 1 is 1.24 bits per heavy atom. The average Bonchev–Trinajstić information content (AvgIpc) is 2.21. The Labute approximate surface area is 103 Å². The van der Waals surface area contributed by atoms with Gasteiger partial charge in [-0.1, -0.05) is 0 Å². The van der Waals surface area contributed by atoms with Crippen molar-refractivity contribution in [3.05, 3.63) is 0 Å². The van der Waals surface area contributed by atoms with E-state index in [-0.39, 0.29) is 24.1 Å². The summed E-state index contributed by atoms with van der Waals surface area (Å²) in [7, 11) is 0. The molecule has 0 aromatic heterocycles. The average molecular weight is 268 g/mol. The quantitative estimate of drug-likeness (QED) is 0.331. The van der Waals surface area contributed by atoms with Crippen molar-refractivity contribution in [1.82, 2.24) is 5.32 Å². The summed E-state index contributed by atoms with van der Waals surface area (Å²) in [6.07, 6.45) is -0.175. The minimum absolute atomic E-state index is 0. The van der Waals surface area contributed by atoms with E-state index in [4.69, 9.17) is 15.9 Å². The Morgan fingerprint density at radius 2 is 1.76 bits per heavy atom. The molecule has 17 heavy (non-hydrogen) atoms. The molecule has 0 unspecified atom stereocenters. The summed E-state index contributed by atoms with van der Waals surface area (Å²) >= 11 is 3.76. The van der Waals surface area contributed by atoms with Crippen LogP contribution in [0.25, 0.3) is 0 Å². The summed E-state index contributed by atoms with van der Waals surface area (Å²) in [4.78, 5) is 32.1. The van der Waals surface area contributed by atoms with Crippen LogP contribution in [0.2, 0.25) is 0 Å². The van der Waals surface area contributed by atoms with Crippen LogP contribution in [0, 0.1) is 0 Å². The van der Waals surface area contributed by atoms with E-state index in [1.165, 1.54) is 0 Å². The lowest BCUT2D eigenvalue weighted by atomic mass is 10.1. The number of carbonyl (C=O) groups is 3. The van der Waals surface area contributed by atoms with Gasteiger partial charge >= 0.3 is 11.9 Å². The molecule has 2 atom stereocenters. The molecule has 1 amide bonds. The molecule has 0 rings (SSSR count). The van der Waals surface area contributed by atoms with Crippen LogP contribution in [-0.4, -0.2) is 51.4 Å². The van der Waals surface area contributed by atoms with Crippen LogP contribution < -0.4 is 11.1 Å². The van der Waals surface area contributed by atoms with E-state index in [0.717, 1.165) is 0 Å². The van der Waals surface area contributed by atoms with Gasteiger partial charge in [0, 0.05) is 12.2 Å². The van der Waals surface area contributed by atoms with Gasteiger partial charge in [-0.2, -0.15) is 12.6 Å². The molecule has 0 aliphatic rings. The number of carboxylic acids is 2. The predicted octanol–water partition coefficient (Wildman–Crippen LogP) is -2.15. The second-order valence-corrected chi connectivity index (χ2v) is 3.49. The van der Waals surface area contributed by atoms with Crippen LogP contribution >= 0.6 is 12.6 Å². The third-order valence-electron chi connectivity index (χ3n) is 1.82. The Hall–Kier alpha value is -1.32. The van der Waals surface area contributed by atoms with Crippen LogP contribution in [0.15, 0.2) is 0 Å². The van der Waals surface area contributed by atoms with E-state index in [1.807, 2.05) is 0 Å². The molecule has 0 aromatic carbocycles. The van der Waals surface area contributed by atoms with E-state index in [1.54, 1.807) is 0 Å². The standard InChI is InChI=1S/C8H14N2O5S.H2O/c9-4(7(12)13)1-2-6(11)10-5(3-16)8(14)15;/h4-5,16H,1-3,9H2,(H,10,11)(H,12,13)(H,14,15);1H2/t4-,5-;/m0./s1. The van der Waals surface area contributed by atoms with Gasteiger partial charge in [0.2, 0.25) is 5.91 Å². The smallest absolute Gasteiger partial charge is 0.327 e. The van der Waals surface area contributed by atoms with Crippen LogP contribution in [0.1, 0.15) is 12.8 Å². The van der Waals surface area contributed by atoms with Crippen LogP contribution in [-0.2, 0) is 14.4 Å². The highest BCUT2D eigenvalue weighted by atomic mass is 32.1. The zero-order valence-corrected chi connectivity index (χ0v) is 9.81. The molecule has 0 saturated carbocycles. The van der Waals surface area contributed by atoms with Crippen molar-refractivity contribution in [3.8, 4) is 0 Å².